The zero-order valence-electron chi connectivity index (χ0n) is 18.1. The van der Waals surface area contributed by atoms with Crippen molar-refractivity contribution in [1.82, 2.24) is 24.9 Å². The molecule has 1 amide bonds. The van der Waals surface area contributed by atoms with E-state index in [2.05, 4.69) is 46.0 Å². The lowest BCUT2D eigenvalue weighted by Gasteiger charge is -2.40. The number of carbonyl (C=O) groups excluding carboxylic acids is 1. The molecule has 0 bridgehead atoms. The van der Waals surface area contributed by atoms with Crippen LogP contribution in [-0.4, -0.2) is 111 Å². The van der Waals surface area contributed by atoms with Crippen molar-refractivity contribution in [2.45, 2.75) is 44.7 Å². The van der Waals surface area contributed by atoms with E-state index in [1.54, 1.807) is 0 Å². The van der Waals surface area contributed by atoms with E-state index in [9.17, 15) is 4.79 Å². The molecule has 0 aromatic heterocycles. The minimum absolute atomic E-state index is 0. The van der Waals surface area contributed by atoms with Gasteiger partial charge in [0.2, 0.25) is 5.91 Å². The van der Waals surface area contributed by atoms with Crippen LogP contribution < -0.4 is 5.32 Å². The van der Waals surface area contributed by atoms with Crippen LogP contribution in [0.4, 0.5) is 0 Å². The highest BCUT2D eigenvalue weighted by molar-refractivity contribution is 14.0. The van der Waals surface area contributed by atoms with Gasteiger partial charge in [0.25, 0.3) is 0 Å². The van der Waals surface area contributed by atoms with E-state index in [0.717, 1.165) is 70.5 Å². The number of carbonyl (C=O) groups is 1. The molecular formula is C20H39IN6O. The molecule has 0 radical (unpaired) electrons. The first-order chi connectivity index (χ1) is 13.0. The number of likely N-dealkylation sites (N-methyl/N-ethyl adjacent to an activating group) is 1. The third-order valence-corrected chi connectivity index (χ3v) is 6.45. The van der Waals surface area contributed by atoms with Gasteiger partial charge < -0.3 is 20.0 Å². The molecule has 2 saturated heterocycles. The van der Waals surface area contributed by atoms with Gasteiger partial charge in [0, 0.05) is 58.9 Å². The lowest BCUT2D eigenvalue weighted by atomic mass is 10.1. The monoisotopic (exact) mass is 506 g/mol. The van der Waals surface area contributed by atoms with Crippen LogP contribution in [0.1, 0.15) is 32.6 Å². The molecule has 2 unspecified atom stereocenters. The molecule has 1 N–H and O–H groups in total. The largest absolute Gasteiger partial charge is 0.355 e. The molecule has 162 valence electrons. The van der Waals surface area contributed by atoms with Crippen LogP contribution in [0.3, 0.4) is 0 Å². The number of piperazine rings is 1. The number of hydrogen-bond donors (Lipinski definition) is 1. The maximum atomic E-state index is 12.7. The van der Waals surface area contributed by atoms with Crippen LogP contribution in [-0.2, 0) is 4.79 Å². The predicted molar refractivity (Wildman–Crippen MR) is 125 cm³/mol. The van der Waals surface area contributed by atoms with Crippen LogP contribution in [0.15, 0.2) is 4.99 Å². The first-order valence-electron chi connectivity index (χ1n) is 10.7. The average molecular weight is 506 g/mol. The van der Waals surface area contributed by atoms with E-state index in [1.165, 1.54) is 12.8 Å². The number of halogens is 1. The van der Waals surface area contributed by atoms with Crippen molar-refractivity contribution in [2.24, 2.45) is 10.9 Å². The normalized spacial score (nSPS) is 23.5. The van der Waals surface area contributed by atoms with Gasteiger partial charge in [-0.15, -0.1) is 24.0 Å². The van der Waals surface area contributed by atoms with Crippen LogP contribution in [0, 0.1) is 5.92 Å². The fraction of sp³-hybridized carbons (Fsp3) is 0.900. The summed E-state index contributed by atoms with van der Waals surface area (Å²) < 4.78 is 0. The average Bonchev–Trinajstić information content (AvgIpc) is 3.36. The van der Waals surface area contributed by atoms with Gasteiger partial charge in [-0.1, -0.05) is 0 Å². The van der Waals surface area contributed by atoms with E-state index < -0.39 is 0 Å². The Labute approximate surface area is 187 Å². The molecule has 1 aliphatic carbocycles. The molecule has 2 aliphatic heterocycles. The molecule has 3 aliphatic rings. The summed E-state index contributed by atoms with van der Waals surface area (Å²) in [6.45, 7) is 8.58. The van der Waals surface area contributed by atoms with Gasteiger partial charge in [-0.25, -0.2) is 0 Å². The summed E-state index contributed by atoms with van der Waals surface area (Å²) in [6.07, 6.45) is 5.02. The van der Waals surface area contributed by atoms with Crippen molar-refractivity contribution < 1.29 is 4.79 Å². The van der Waals surface area contributed by atoms with Crippen LogP contribution >= 0.6 is 24.0 Å². The summed E-state index contributed by atoms with van der Waals surface area (Å²) in [5.74, 6) is 2.14. The number of aliphatic imine (C=N–C) groups is 1. The number of nitrogens with one attached hydrogen (secondary N) is 1. The van der Waals surface area contributed by atoms with Crippen molar-refractivity contribution >= 4 is 35.8 Å². The standard InChI is InChI=1S/C20H38N6O.HI/c1-16(19(27)25-9-5-6-10-25)24-11-13-26(14-12-24)20(21-2)22-15-18(23(3)4)17-7-8-17;/h16-18H,5-15H2,1-4H3,(H,21,22);1H. The fourth-order valence-corrected chi connectivity index (χ4v) is 4.46. The Hall–Kier alpha value is -0.610. The Kier molecular flexibility index (Phi) is 9.27. The molecule has 28 heavy (non-hydrogen) atoms. The molecule has 1 saturated carbocycles. The highest BCUT2D eigenvalue weighted by atomic mass is 127. The summed E-state index contributed by atoms with van der Waals surface area (Å²) in [4.78, 5) is 26.2. The van der Waals surface area contributed by atoms with Crippen molar-refractivity contribution in [3.8, 4) is 0 Å². The van der Waals surface area contributed by atoms with Crippen LogP contribution in [0.2, 0.25) is 0 Å². The SMILES string of the molecule is CN=C(NCC(C1CC1)N(C)C)N1CCN(C(C)C(=O)N2CCCC2)CC1.I. The van der Waals surface area contributed by atoms with E-state index >= 15 is 0 Å². The maximum Gasteiger partial charge on any atom is 0.239 e. The molecule has 3 rings (SSSR count). The zero-order chi connectivity index (χ0) is 19.4. The highest BCUT2D eigenvalue weighted by Crippen LogP contribution is 2.34. The molecule has 0 spiro atoms. The minimum Gasteiger partial charge on any atom is -0.355 e. The summed E-state index contributed by atoms with van der Waals surface area (Å²) in [5, 5.41) is 3.59. The molecule has 0 aromatic rings. The second-order valence-corrected chi connectivity index (χ2v) is 8.53. The van der Waals surface area contributed by atoms with Crippen molar-refractivity contribution in [3.63, 3.8) is 0 Å². The van der Waals surface area contributed by atoms with Gasteiger partial charge in [-0.05, 0) is 52.6 Å². The third-order valence-electron chi connectivity index (χ3n) is 6.45. The van der Waals surface area contributed by atoms with E-state index in [-0.39, 0.29) is 30.0 Å². The first-order valence-corrected chi connectivity index (χ1v) is 10.7. The van der Waals surface area contributed by atoms with Crippen molar-refractivity contribution in [3.05, 3.63) is 0 Å². The van der Waals surface area contributed by atoms with Crippen LogP contribution in [0.25, 0.3) is 0 Å². The molecular weight excluding hydrogens is 467 g/mol. The summed E-state index contributed by atoms with van der Waals surface area (Å²) in [6, 6.07) is 0.578. The molecule has 8 heteroatoms. The fourth-order valence-electron chi connectivity index (χ4n) is 4.46. The third kappa shape index (κ3) is 5.95. The Morgan fingerprint density at radius 2 is 1.68 bits per heavy atom. The summed E-state index contributed by atoms with van der Waals surface area (Å²) >= 11 is 0. The van der Waals surface area contributed by atoms with Crippen LogP contribution in [0.5, 0.6) is 0 Å². The van der Waals surface area contributed by atoms with Gasteiger partial charge in [0.05, 0.1) is 6.04 Å². The van der Waals surface area contributed by atoms with Gasteiger partial charge in [0.1, 0.15) is 0 Å². The Bertz CT molecular complexity index is 523. The van der Waals surface area contributed by atoms with E-state index in [1.807, 2.05) is 11.9 Å². The van der Waals surface area contributed by atoms with Gasteiger partial charge >= 0.3 is 0 Å². The summed E-state index contributed by atoms with van der Waals surface area (Å²) in [5.41, 5.74) is 0. The smallest absolute Gasteiger partial charge is 0.239 e. The number of likely N-dealkylation sites (tertiary alicyclic amines) is 1. The Morgan fingerprint density at radius 1 is 1.07 bits per heavy atom. The molecule has 0 aromatic carbocycles. The number of guanidine groups is 1. The Morgan fingerprint density at radius 3 is 2.18 bits per heavy atom. The topological polar surface area (TPSA) is 54.4 Å². The molecule has 2 atom stereocenters. The first kappa shape index (κ1) is 23.7. The Balaban J connectivity index is 0.00000280. The lowest BCUT2D eigenvalue weighted by molar-refractivity contribution is -0.135. The van der Waals surface area contributed by atoms with Gasteiger partial charge in [0.15, 0.2) is 5.96 Å². The van der Waals surface area contributed by atoms with Gasteiger partial charge in [-0.3, -0.25) is 14.7 Å². The molecule has 3 fully saturated rings. The zero-order valence-corrected chi connectivity index (χ0v) is 20.4. The van der Waals surface area contributed by atoms with Gasteiger partial charge in [-0.2, -0.15) is 0 Å². The predicted octanol–water partition coefficient (Wildman–Crippen LogP) is 1.15. The molecule has 2 heterocycles. The highest BCUT2D eigenvalue weighted by Gasteiger charge is 2.33. The summed E-state index contributed by atoms with van der Waals surface area (Å²) in [7, 11) is 6.21. The van der Waals surface area contributed by atoms with E-state index in [0.29, 0.717) is 11.9 Å². The van der Waals surface area contributed by atoms with Crippen molar-refractivity contribution in [2.75, 3.05) is 67.0 Å². The van der Waals surface area contributed by atoms with E-state index in [4.69, 9.17) is 0 Å². The maximum absolute atomic E-state index is 12.7. The number of rotatable bonds is 6. The second-order valence-electron chi connectivity index (χ2n) is 8.53. The lowest BCUT2D eigenvalue weighted by Crippen LogP contribution is -2.57. The van der Waals surface area contributed by atoms with Crippen molar-refractivity contribution in [1.29, 1.82) is 0 Å². The number of hydrogen-bond acceptors (Lipinski definition) is 4. The number of amides is 1. The minimum atomic E-state index is -0.00628. The second kappa shape index (κ2) is 11.0. The molecule has 7 nitrogen and oxygen atoms in total. The quantitative estimate of drug-likeness (QED) is 0.333. The number of nitrogens with zero attached hydrogens (tertiary/aromatic N) is 5.